The van der Waals surface area contributed by atoms with Gasteiger partial charge in [0.2, 0.25) is 9.54 Å². The van der Waals surface area contributed by atoms with Crippen LogP contribution in [0.25, 0.3) is 33.6 Å². The van der Waals surface area contributed by atoms with Crippen LogP contribution in [-0.2, 0) is 0 Å². The van der Waals surface area contributed by atoms with E-state index in [1.54, 1.807) is 0 Å². The lowest BCUT2D eigenvalue weighted by Crippen LogP contribution is -2.29. The van der Waals surface area contributed by atoms with Crippen molar-refractivity contribution in [1.29, 1.82) is 0 Å². The minimum absolute atomic E-state index is 0.0275. The molecule has 4 heterocycles. The zero-order valence-corrected chi connectivity index (χ0v) is 14.1. The van der Waals surface area contributed by atoms with E-state index < -0.39 is 10.9 Å². The molecular formula is C10H8N12O2S2. The third-order valence-electron chi connectivity index (χ3n) is 4.02. The summed E-state index contributed by atoms with van der Waals surface area (Å²) < 4.78 is 5.03. The summed E-state index contributed by atoms with van der Waals surface area (Å²) in [5, 5.41) is 18.9. The summed E-state index contributed by atoms with van der Waals surface area (Å²) >= 11 is 10.1. The number of H-pyrrole nitrogens is 4. The largest absolute Gasteiger partial charge is 0.334 e. The molecule has 26 heavy (non-hydrogen) atoms. The lowest BCUT2D eigenvalue weighted by Gasteiger charge is -2.06. The molecule has 5 aromatic rings. The molecule has 0 aliphatic rings. The monoisotopic (exact) mass is 392 g/mol. The number of nitrogen functional groups attached to an aromatic ring is 2. The Balaban J connectivity index is 2.24. The Morgan fingerprint density at radius 2 is 1.27 bits per heavy atom. The first-order chi connectivity index (χ1) is 12.4. The van der Waals surface area contributed by atoms with E-state index in [4.69, 9.17) is 36.1 Å². The Labute approximate surface area is 149 Å². The van der Waals surface area contributed by atoms with Crippen LogP contribution in [0.2, 0.25) is 0 Å². The van der Waals surface area contributed by atoms with Crippen LogP contribution in [-0.4, -0.2) is 49.0 Å². The molecule has 0 fully saturated rings. The van der Waals surface area contributed by atoms with Crippen molar-refractivity contribution in [2.24, 2.45) is 0 Å². The van der Waals surface area contributed by atoms with Crippen LogP contribution in [0.1, 0.15) is 0 Å². The fourth-order valence-electron chi connectivity index (χ4n) is 2.85. The van der Waals surface area contributed by atoms with Gasteiger partial charge in [0.25, 0.3) is 22.4 Å². The highest BCUT2D eigenvalue weighted by molar-refractivity contribution is 7.71. The minimum atomic E-state index is -0.809. The van der Waals surface area contributed by atoms with Gasteiger partial charge in [-0.15, -0.1) is 10.2 Å². The molecule has 5 rings (SSSR count). The summed E-state index contributed by atoms with van der Waals surface area (Å²) in [7, 11) is 0. The third kappa shape index (κ3) is 1.54. The molecule has 8 N–H and O–H groups in total. The molecule has 0 atom stereocenters. The first-order valence-corrected chi connectivity index (χ1v) is 7.78. The second-order valence-electron chi connectivity index (χ2n) is 5.40. The van der Waals surface area contributed by atoms with E-state index in [0.29, 0.717) is 0 Å². The van der Waals surface area contributed by atoms with Crippen molar-refractivity contribution < 1.29 is 0 Å². The highest BCUT2D eigenvalue weighted by Crippen LogP contribution is 2.17. The molecule has 14 nitrogen and oxygen atoms in total. The Morgan fingerprint density at radius 3 is 1.85 bits per heavy atom. The first-order valence-electron chi connectivity index (χ1n) is 6.96. The van der Waals surface area contributed by atoms with Gasteiger partial charge in [0.1, 0.15) is 22.1 Å². The molecule has 0 saturated carbocycles. The van der Waals surface area contributed by atoms with Gasteiger partial charge in [-0.2, -0.15) is 9.35 Å². The van der Waals surface area contributed by atoms with Gasteiger partial charge in [-0.05, 0) is 24.4 Å². The van der Waals surface area contributed by atoms with E-state index in [0.717, 1.165) is 9.35 Å². The summed E-state index contributed by atoms with van der Waals surface area (Å²) in [4.78, 5) is 25.3. The van der Waals surface area contributed by atoms with E-state index in [2.05, 4.69) is 30.6 Å². The van der Waals surface area contributed by atoms with Gasteiger partial charge in [0.05, 0.1) is 0 Å². The van der Waals surface area contributed by atoms with Gasteiger partial charge in [-0.3, -0.25) is 30.0 Å². The third-order valence-corrected chi connectivity index (χ3v) is 4.60. The van der Waals surface area contributed by atoms with Crippen LogP contribution in [0.4, 0.5) is 0 Å². The van der Waals surface area contributed by atoms with Crippen molar-refractivity contribution >= 4 is 58.1 Å². The fraction of sp³-hybridized carbons (Fsp3) is 0. The van der Waals surface area contributed by atoms with Crippen molar-refractivity contribution in [3.8, 4) is 0 Å². The molecule has 4 aromatic heterocycles. The molecule has 132 valence electrons. The fourth-order valence-corrected chi connectivity index (χ4v) is 3.20. The normalized spacial score (nSPS) is 12.0. The van der Waals surface area contributed by atoms with Crippen LogP contribution < -0.4 is 22.5 Å². The van der Waals surface area contributed by atoms with E-state index in [1.807, 2.05) is 0 Å². The van der Waals surface area contributed by atoms with Gasteiger partial charge in [-0.25, -0.2) is 9.03 Å². The second-order valence-corrected chi connectivity index (χ2v) is 6.17. The smallest absolute Gasteiger partial charge is 0.268 e. The minimum Gasteiger partial charge on any atom is -0.334 e. The van der Waals surface area contributed by atoms with Crippen LogP contribution in [0.3, 0.4) is 0 Å². The summed E-state index contributed by atoms with van der Waals surface area (Å²) in [5.41, 5.74) is -1.24. The Morgan fingerprint density at radius 1 is 0.769 bits per heavy atom. The second kappa shape index (κ2) is 4.49. The summed E-state index contributed by atoms with van der Waals surface area (Å²) in [6, 6.07) is 0. The number of fused-ring (bicyclic) bond motifs is 7. The number of rotatable bonds is 0. The summed E-state index contributed by atoms with van der Waals surface area (Å²) in [6.07, 6.45) is 0. The highest BCUT2D eigenvalue weighted by atomic mass is 32.1. The molecule has 0 bridgehead atoms. The zero-order valence-electron chi connectivity index (χ0n) is 12.5. The average Bonchev–Trinajstić information content (AvgIpc) is 3.08. The van der Waals surface area contributed by atoms with E-state index in [9.17, 15) is 9.59 Å². The van der Waals surface area contributed by atoms with Crippen molar-refractivity contribution in [3.63, 3.8) is 0 Å². The molecule has 0 unspecified atom stereocenters. The van der Waals surface area contributed by atoms with Gasteiger partial charge in [0.15, 0.2) is 0 Å². The highest BCUT2D eigenvalue weighted by Gasteiger charge is 2.20. The Kier molecular flexibility index (Phi) is 2.53. The van der Waals surface area contributed by atoms with Crippen LogP contribution in [0.15, 0.2) is 9.59 Å². The lowest BCUT2D eigenvalue weighted by atomic mass is 10.2. The van der Waals surface area contributed by atoms with Gasteiger partial charge < -0.3 is 11.7 Å². The number of hydrogen-bond acceptors (Lipinski definition) is 8. The lowest BCUT2D eigenvalue weighted by molar-refractivity contribution is 0.903. The molecule has 0 spiro atoms. The maximum absolute atomic E-state index is 12.7. The topological polar surface area (TPSA) is 194 Å². The molecule has 0 aliphatic carbocycles. The summed E-state index contributed by atoms with van der Waals surface area (Å²) in [5.74, 6) is 11.9. The predicted molar refractivity (Wildman–Crippen MR) is 95.7 cm³/mol. The molecule has 0 radical (unpaired) electrons. The standard InChI is InChI=1S/C10H8N12O2S2/c11-19-7-16-14-2-3(21(7)17-9(19)25)1-4(6(24)5(2)23)22-8(15-13-1)20(12)10(26)18-22/h13-14H,11-12H2,(H,17,25)(H,18,26). The molecule has 0 aliphatic heterocycles. The average molecular weight is 392 g/mol. The number of aromatic amines is 4. The quantitative estimate of drug-likeness (QED) is 0.0782. The van der Waals surface area contributed by atoms with Crippen LogP contribution in [0.5, 0.6) is 0 Å². The number of nitrogens with zero attached hydrogens (tertiary/aromatic N) is 6. The maximum Gasteiger partial charge on any atom is 0.268 e. The van der Waals surface area contributed by atoms with E-state index in [1.165, 1.54) is 9.03 Å². The van der Waals surface area contributed by atoms with Gasteiger partial charge >= 0.3 is 0 Å². The van der Waals surface area contributed by atoms with Crippen molar-refractivity contribution in [2.75, 3.05) is 11.7 Å². The molecule has 0 amide bonds. The molecule has 0 saturated heterocycles. The molecule has 16 heteroatoms. The Bertz CT molecular complexity index is 1640. The molecular weight excluding hydrogens is 384 g/mol. The maximum atomic E-state index is 12.7. The van der Waals surface area contributed by atoms with Crippen molar-refractivity contribution in [3.05, 3.63) is 30.0 Å². The molecule has 1 aromatic carbocycles. The SMILES string of the molecule is Nn1c(=S)[nH]n2c3c(=O)c(=O)c4[nH]nc5n(N)c(=S)[nH]n5c4c3[nH]nc12. The number of hydrogen-bond donors (Lipinski definition) is 6. The van der Waals surface area contributed by atoms with E-state index in [-0.39, 0.29) is 43.2 Å². The number of benzene rings is 1. The number of nitrogens with two attached hydrogens (primary N) is 2. The first kappa shape index (κ1) is 14.7. The number of aromatic nitrogens is 10. The van der Waals surface area contributed by atoms with Crippen LogP contribution in [0, 0.1) is 9.54 Å². The van der Waals surface area contributed by atoms with Crippen LogP contribution >= 0.6 is 24.4 Å². The van der Waals surface area contributed by atoms with Gasteiger partial charge in [-0.1, -0.05) is 0 Å². The predicted octanol–water partition coefficient (Wildman–Crippen LogP) is -1.63. The van der Waals surface area contributed by atoms with E-state index >= 15 is 0 Å². The van der Waals surface area contributed by atoms with Crippen molar-refractivity contribution in [2.45, 2.75) is 0 Å². The van der Waals surface area contributed by atoms with Gasteiger partial charge in [0, 0.05) is 0 Å². The summed E-state index contributed by atoms with van der Waals surface area (Å²) in [6.45, 7) is 0. The number of nitrogens with one attached hydrogen (secondary N) is 4. The zero-order chi connectivity index (χ0) is 18.3. The Hall–Kier alpha value is -3.66. The van der Waals surface area contributed by atoms with Crippen molar-refractivity contribution in [1.82, 2.24) is 49.0 Å².